The van der Waals surface area contributed by atoms with Crippen molar-refractivity contribution in [3.63, 3.8) is 0 Å². The maximum absolute atomic E-state index is 12.0. The number of nitrogens with zero attached hydrogens (tertiary/aromatic N) is 4. The summed E-state index contributed by atoms with van der Waals surface area (Å²) in [5, 5.41) is 14.0. The van der Waals surface area contributed by atoms with E-state index in [9.17, 15) is 4.79 Å². The molecule has 3 heterocycles. The Morgan fingerprint density at radius 3 is 3.04 bits per heavy atom. The molecule has 0 fully saturated rings. The molecule has 0 aromatic carbocycles. The van der Waals surface area contributed by atoms with Crippen molar-refractivity contribution < 1.29 is 9.21 Å². The molecule has 3 aromatic rings. The third-order valence-corrected chi connectivity index (χ3v) is 4.91. The molecule has 0 unspecified atom stereocenters. The zero-order valence-electron chi connectivity index (χ0n) is 12.3. The van der Waals surface area contributed by atoms with Gasteiger partial charge in [-0.25, -0.2) is 4.98 Å². The lowest BCUT2D eigenvalue weighted by Crippen LogP contribution is -2.14. The van der Waals surface area contributed by atoms with Gasteiger partial charge in [0.25, 0.3) is 0 Å². The van der Waals surface area contributed by atoms with Gasteiger partial charge in [0.1, 0.15) is 0 Å². The van der Waals surface area contributed by atoms with Gasteiger partial charge in [-0.05, 0) is 28.1 Å². The summed E-state index contributed by atoms with van der Waals surface area (Å²) >= 11 is 5.94. The zero-order valence-corrected chi connectivity index (χ0v) is 15.5. The Labute approximate surface area is 154 Å². The molecular formula is C14H12BrN5O2S2. The molecular weight excluding hydrogens is 414 g/mol. The lowest BCUT2D eigenvalue weighted by molar-refractivity contribution is -0.113. The highest BCUT2D eigenvalue weighted by molar-refractivity contribution is 9.10. The summed E-state index contributed by atoms with van der Waals surface area (Å²) in [6.45, 7) is 4.26. The lowest BCUT2D eigenvalue weighted by atomic mass is 10.4. The smallest absolute Gasteiger partial charge is 0.236 e. The number of anilines is 1. The largest absolute Gasteiger partial charge is 0.446 e. The van der Waals surface area contributed by atoms with Crippen molar-refractivity contribution in [3.8, 4) is 11.6 Å². The molecule has 24 heavy (non-hydrogen) atoms. The maximum Gasteiger partial charge on any atom is 0.236 e. The molecule has 7 nitrogen and oxygen atoms in total. The molecule has 3 rings (SSSR count). The summed E-state index contributed by atoms with van der Waals surface area (Å²) in [7, 11) is 0. The summed E-state index contributed by atoms with van der Waals surface area (Å²) in [4.78, 5) is 16.0. The first-order chi connectivity index (χ1) is 11.7. The highest BCUT2D eigenvalue weighted by Gasteiger charge is 2.17. The predicted octanol–water partition coefficient (Wildman–Crippen LogP) is 3.67. The van der Waals surface area contributed by atoms with Gasteiger partial charge in [-0.1, -0.05) is 17.8 Å². The second kappa shape index (κ2) is 7.77. The highest BCUT2D eigenvalue weighted by atomic mass is 79.9. The SMILES string of the molecule is C=CCn1c(SCC(=O)Nc2nccs2)nnc1-c1ccc(Br)o1. The van der Waals surface area contributed by atoms with Gasteiger partial charge in [-0.2, -0.15) is 0 Å². The molecule has 0 aliphatic rings. The monoisotopic (exact) mass is 425 g/mol. The first-order valence-electron chi connectivity index (χ1n) is 6.79. The first-order valence-corrected chi connectivity index (χ1v) is 9.45. The van der Waals surface area contributed by atoms with Crippen LogP contribution < -0.4 is 5.32 Å². The molecule has 0 saturated carbocycles. The van der Waals surface area contributed by atoms with E-state index in [0.29, 0.717) is 33.1 Å². The minimum Gasteiger partial charge on any atom is -0.446 e. The molecule has 0 atom stereocenters. The quantitative estimate of drug-likeness (QED) is 0.458. The van der Waals surface area contributed by atoms with Gasteiger partial charge in [0.2, 0.25) is 11.7 Å². The van der Waals surface area contributed by atoms with Crippen LogP contribution in [0.3, 0.4) is 0 Å². The number of thiazole rings is 1. The van der Waals surface area contributed by atoms with E-state index in [0.717, 1.165) is 0 Å². The van der Waals surface area contributed by atoms with E-state index < -0.39 is 0 Å². The Morgan fingerprint density at radius 1 is 1.50 bits per heavy atom. The van der Waals surface area contributed by atoms with Crippen molar-refractivity contribution in [1.82, 2.24) is 19.7 Å². The van der Waals surface area contributed by atoms with Crippen molar-refractivity contribution in [2.75, 3.05) is 11.1 Å². The number of rotatable bonds is 7. The van der Waals surface area contributed by atoms with Crippen molar-refractivity contribution in [1.29, 1.82) is 0 Å². The predicted molar refractivity (Wildman–Crippen MR) is 97.1 cm³/mol. The number of furan rings is 1. The molecule has 3 aromatic heterocycles. The maximum atomic E-state index is 12.0. The highest BCUT2D eigenvalue weighted by Crippen LogP contribution is 2.27. The van der Waals surface area contributed by atoms with Gasteiger partial charge in [-0.3, -0.25) is 9.36 Å². The average Bonchev–Trinajstić information content (AvgIpc) is 3.28. The molecule has 0 radical (unpaired) electrons. The van der Waals surface area contributed by atoms with E-state index in [1.807, 2.05) is 4.57 Å². The van der Waals surface area contributed by atoms with Crippen LogP contribution in [0.5, 0.6) is 0 Å². The van der Waals surface area contributed by atoms with Crippen molar-refractivity contribution >= 4 is 50.1 Å². The van der Waals surface area contributed by atoms with E-state index in [2.05, 4.69) is 43.0 Å². The van der Waals surface area contributed by atoms with Gasteiger partial charge in [0, 0.05) is 18.1 Å². The van der Waals surface area contributed by atoms with Crippen LogP contribution in [0.4, 0.5) is 5.13 Å². The average molecular weight is 426 g/mol. The number of carbonyl (C=O) groups is 1. The fourth-order valence-electron chi connectivity index (χ4n) is 1.88. The molecule has 0 spiro atoms. The number of nitrogens with one attached hydrogen (secondary N) is 1. The Hall–Kier alpha value is -1.91. The first kappa shape index (κ1) is 16.9. The van der Waals surface area contributed by atoms with E-state index in [1.165, 1.54) is 23.1 Å². The third kappa shape index (κ3) is 3.94. The molecule has 10 heteroatoms. The summed E-state index contributed by atoms with van der Waals surface area (Å²) in [6.07, 6.45) is 3.38. The molecule has 1 amide bonds. The van der Waals surface area contributed by atoms with Crippen LogP contribution in [0, 0.1) is 0 Å². The van der Waals surface area contributed by atoms with Crippen LogP contribution in [-0.2, 0) is 11.3 Å². The van der Waals surface area contributed by atoms with Crippen LogP contribution in [0.2, 0.25) is 0 Å². The number of hydrogen-bond acceptors (Lipinski definition) is 7. The minimum atomic E-state index is -0.148. The topological polar surface area (TPSA) is 85.8 Å². The number of amides is 1. The number of halogens is 1. The minimum absolute atomic E-state index is 0.148. The van der Waals surface area contributed by atoms with Crippen LogP contribution in [-0.4, -0.2) is 31.4 Å². The summed E-state index contributed by atoms with van der Waals surface area (Å²) in [5.41, 5.74) is 0. The molecule has 0 saturated heterocycles. The standard InChI is InChI=1S/C14H12BrN5O2S2/c1-2-6-20-12(9-3-4-10(15)22-9)18-19-14(20)24-8-11(21)17-13-16-5-7-23-13/h2-5,7H,1,6,8H2,(H,16,17,21). The van der Waals surface area contributed by atoms with Gasteiger partial charge >= 0.3 is 0 Å². The van der Waals surface area contributed by atoms with Crippen molar-refractivity contribution in [2.45, 2.75) is 11.7 Å². The number of hydrogen-bond donors (Lipinski definition) is 1. The molecule has 0 aliphatic carbocycles. The van der Waals surface area contributed by atoms with Crippen molar-refractivity contribution in [2.24, 2.45) is 0 Å². The Morgan fingerprint density at radius 2 is 2.38 bits per heavy atom. The zero-order chi connectivity index (χ0) is 16.9. The number of allylic oxidation sites excluding steroid dienone is 1. The Bertz CT molecular complexity index is 843. The van der Waals surface area contributed by atoms with Gasteiger partial charge in [0.05, 0.1) is 5.75 Å². The fourth-order valence-corrected chi connectivity index (χ4v) is 3.48. The molecule has 124 valence electrons. The van der Waals surface area contributed by atoms with E-state index in [1.54, 1.807) is 29.8 Å². The second-order valence-electron chi connectivity index (χ2n) is 4.48. The normalized spacial score (nSPS) is 10.7. The number of thioether (sulfide) groups is 1. The van der Waals surface area contributed by atoms with E-state index >= 15 is 0 Å². The van der Waals surface area contributed by atoms with Gasteiger partial charge < -0.3 is 9.73 Å². The van der Waals surface area contributed by atoms with Gasteiger partial charge in [-0.15, -0.1) is 28.1 Å². The summed E-state index contributed by atoms with van der Waals surface area (Å²) in [5.74, 6) is 1.24. The number of aromatic nitrogens is 4. The second-order valence-corrected chi connectivity index (χ2v) is 7.10. The molecule has 0 bridgehead atoms. The van der Waals surface area contributed by atoms with Crippen LogP contribution in [0.15, 0.2) is 50.6 Å². The summed E-state index contributed by atoms with van der Waals surface area (Å²) < 4.78 is 7.99. The van der Waals surface area contributed by atoms with E-state index in [4.69, 9.17) is 4.42 Å². The lowest BCUT2D eigenvalue weighted by Gasteiger charge is -2.06. The molecule has 0 aliphatic heterocycles. The van der Waals surface area contributed by atoms with Gasteiger partial charge in [0.15, 0.2) is 20.7 Å². The third-order valence-electron chi connectivity index (χ3n) is 2.83. The Kier molecular flexibility index (Phi) is 5.48. The Balaban J connectivity index is 1.72. The van der Waals surface area contributed by atoms with E-state index in [-0.39, 0.29) is 11.7 Å². The van der Waals surface area contributed by atoms with Crippen LogP contribution >= 0.6 is 39.0 Å². The summed E-state index contributed by atoms with van der Waals surface area (Å²) in [6, 6.07) is 3.59. The van der Waals surface area contributed by atoms with Crippen LogP contribution in [0.1, 0.15) is 0 Å². The molecule has 1 N–H and O–H groups in total. The number of carbonyl (C=O) groups excluding carboxylic acids is 1. The van der Waals surface area contributed by atoms with Crippen molar-refractivity contribution in [3.05, 3.63) is 41.0 Å². The van der Waals surface area contributed by atoms with Crippen LogP contribution in [0.25, 0.3) is 11.6 Å². The fraction of sp³-hybridized carbons (Fsp3) is 0.143.